The number of benzene rings is 2. The van der Waals surface area contributed by atoms with Crippen LogP contribution < -0.4 is 5.32 Å². The number of amides is 1. The molecule has 0 bridgehead atoms. The fourth-order valence-corrected chi connectivity index (χ4v) is 3.45. The van der Waals surface area contributed by atoms with Crippen molar-refractivity contribution in [1.29, 1.82) is 0 Å². The van der Waals surface area contributed by atoms with E-state index in [1.807, 2.05) is 67.8 Å². The molecule has 2 aromatic carbocycles. The van der Waals surface area contributed by atoms with Crippen LogP contribution in [0.2, 0.25) is 0 Å². The molecule has 0 atom stereocenters. The van der Waals surface area contributed by atoms with Crippen molar-refractivity contribution in [3.8, 4) is 22.6 Å². The zero-order valence-electron chi connectivity index (χ0n) is 15.5. The van der Waals surface area contributed by atoms with Gasteiger partial charge in [0.15, 0.2) is 0 Å². The van der Waals surface area contributed by atoms with Gasteiger partial charge in [-0.1, -0.05) is 36.4 Å². The fourth-order valence-electron chi connectivity index (χ4n) is 2.82. The highest BCUT2D eigenvalue weighted by Gasteiger charge is 2.11. The molecule has 2 aromatic heterocycles. The summed E-state index contributed by atoms with van der Waals surface area (Å²) in [7, 11) is 0. The smallest absolute Gasteiger partial charge is 0.248 e. The molecule has 4 aromatic rings. The minimum Gasteiger partial charge on any atom is -0.324 e. The van der Waals surface area contributed by atoms with Crippen LogP contribution in [0.15, 0.2) is 53.9 Å². The van der Waals surface area contributed by atoms with E-state index in [4.69, 9.17) is 0 Å². The summed E-state index contributed by atoms with van der Waals surface area (Å²) in [5, 5.41) is 18.2. The fraction of sp³-hybridized carbons (Fsp3) is 0.150. The molecule has 1 amide bonds. The lowest BCUT2D eigenvalue weighted by Gasteiger charge is -2.06. The number of rotatable bonds is 5. The SMILES string of the molecule is Cc1nc(-c2cccc(NC(=O)Cn3nnc(-c4ccccc4C)n3)c2)cs1. The summed E-state index contributed by atoms with van der Waals surface area (Å²) >= 11 is 1.60. The van der Waals surface area contributed by atoms with Crippen molar-refractivity contribution < 1.29 is 4.79 Å². The minimum atomic E-state index is -0.222. The van der Waals surface area contributed by atoms with E-state index in [9.17, 15) is 4.79 Å². The predicted octanol–water partition coefficient (Wildman–Crippen LogP) is 3.72. The Morgan fingerprint density at radius 3 is 2.79 bits per heavy atom. The zero-order valence-corrected chi connectivity index (χ0v) is 16.3. The lowest BCUT2D eigenvalue weighted by molar-refractivity contribution is -0.117. The highest BCUT2D eigenvalue weighted by atomic mass is 32.1. The Bertz CT molecular complexity index is 1130. The Labute approximate surface area is 166 Å². The molecule has 1 N–H and O–H groups in total. The van der Waals surface area contributed by atoms with Gasteiger partial charge in [0.1, 0.15) is 6.54 Å². The highest BCUT2D eigenvalue weighted by molar-refractivity contribution is 7.09. The summed E-state index contributed by atoms with van der Waals surface area (Å²) in [5.41, 5.74) is 4.52. The van der Waals surface area contributed by atoms with Gasteiger partial charge in [-0.2, -0.15) is 4.80 Å². The number of carbonyl (C=O) groups is 1. The second-order valence-electron chi connectivity index (χ2n) is 6.34. The van der Waals surface area contributed by atoms with E-state index < -0.39 is 0 Å². The van der Waals surface area contributed by atoms with Crippen molar-refractivity contribution in [3.05, 3.63) is 64.5 Å². The predicted molar refractivity (Wildman–Crippen MR) is 109 cm³/mol. The van der Waals surface area contributed by atoms with Crippen LogP contribution in [0.4, 0.5) is 5.69 Å². The van der Waals surface area contributed by atoms with E-state index in [0.29, 0.717) is 11.5 Å². The number of hydrogen-bond acceptors (Lipinski definition) is 6. The molecule has 0 unspecified atom stereocenters. The van der Waals surface area contributed by atoms with Gasteiger partial charge in [-0.15, -0.1) is 21.5 Å². The molecule has 0 saturated carbocycles. The van der Waals surface area contributed by atoms with Crippen LogP contribution in [0.1, 0.15) is 10.6 Å². The lowest BCUT2D eigenvalue weighted by Crippen LogP contribution is -2.20. The number of carbonyl (C=O) groups excluding carboxylic acids is 1. The number of hydrogen-bond donors (Lipinski definition) is 1. The molecule has 7 nitrogen and oxygen atoms in total. The van der Waals surface area contributed by atoms with Crippen molar-refractivity contribution in [1.82, 2.24) is 25.2 Å². The maximum absolute atomic E-state index is 12.4. The molecular weight excluding hydrogens is 372 g/mol. The first-order valence-electron chi connectivity index (χ1n) is 8.75. The number of anilines is 1. The highest BCUT2D eigenvalue weighted by Crippen LogP contribution is 2.24. The second kappa shape index (κ2) is 7.69. The molecule has 4 rings (SSSR count). The molecule has 0 aliphatic heterocycles. The van der Waals surface area contributed by atoms with E-state index in [-0.39, 0.29) is 12.5 Å². The van der Waals surface area contributed by atoms with Crippen LogP contribution in [-0.4, -0.2) is 31.1 Å². The first-order chi connectivity index (χ1) is 13.6. The third-order valence-corrected chi connectivity index (χ3v) is 4.96. The number of tetrazole rings is 1. The number of nitrogens with one attached hydrogen (secondary N) is 1. The summed E-state index contributed by atoms with van der Waals surface area (Å²) in [4.78, 5) is 18.2. The van der Waals surface area contributed by atoms with Gasteiger partial charge in [-0.05, 0) is 36.8 Å². The van der Waals surface area contributed by atoms with Crippen LogP contribution in [0, 0.1) is 13.8 Å². The van der Waals surface area contributed by atoms with Crippen LogP contribution in [0.3, 0.4) is 0 Å². The summed E-state index contributed by atoms with van der Waals surface area (Å²) in [5.74, 6) is 0.284. The first kappa shape index (κ1) is 18.0. The summed E-state index contributed by atoms with van der Waals surface area (Å²) in [6, 6.07) is 15.4. The average molecular weight is 390 g/mol. The van der Waals surface area contributed by atoms with Crippen LogP contribution in [0.25, 0.3) is 22.6 Å². The molecule has 28 heavy (non-hydrogen) atoms. The molecule has 2 heterocycles. The zero-order chi connectivity index (χ0) is 19.5. The van der Waals surface area contributed by atoms with Gasteiger partial charge in [0.05, 0.1) is 10.7 Å². The van der Waals surface area contributed by atoms with E-state index >= 15 is 0 Å². The maximum Gasteiger partial charge on any atom is 0.248 e. The third kappa shape index (κ3) is 3.96. The van der Waals surface area contributed by atoms with Crippen molar-refractivity contribution in [2.45, 2.75) is 20.4 Å². The van der Waals surface area contributed by atoms with Crippen molar-refractivity contribution >= 4 is 22.9 Å². The van der Waals surface area contributed by atoms with E-state index in [1.54, 1.807) is 11.3 Å². The van der Waals surface area contributed by atoms with Gasteiger partial charge >= 0.3 is 0 Å². The van der Waals surface area contributed by atoms with Crippen molar-refractivity contribution in [2.24, 2.45) is 0 Å². The first-order valence-corrected chi connectivity index (χ1v) is 9.63. The van der Waals surface area contributed by atoms with Gasteiger partial charge in [0, 0.05) is 22.2 Å². The molecule has 8 heteroatoms. The molecule has 0 spiro atoms. The molecule has 0 saturated heterocycles. The monoisotopic (exact) mass is 390 g/mol. The van der Waals surface area contributed by atoms with Crippen molar-refractivity contribution in [3.63, 3.8) is 0 Å². The summed E-state index contributed by atoms with van der Waals surface area (Å²) < 4.78 is 0. The summed E-state index contributed by atoms with van der Waals surface area (Å²) in [6.45, 7) is 3.94. The normalized spacial score (nSPS) is 10.8. The second-order valence-corrected chi connectivity index (χ2v) is 7.40. The van der Waals surface area contributed by atoms with E-state index in [2.05, 4.69) is 25.7 Å². The van der Waals surface area contributed by atoms with Gasteiger partial charge in [-0.3, -0.25) is 4.79 Å². The maximum atomic E-state index is 12.4. The average Bonchev–Trinajstić information content (AvgIpc) is 3.31. The van der Waals surface area contributed by atoms with Gasteiger partial charge in [0.2, 0.25) is 11.7 Å². The van der Waals surface area contributed by atoms with Crippen molar-refractivity contribution in [2.75, 3.05) is 5.32 Å². The molecule has 140 valence electrons. The standard InChI is InChI=1S/C20H18N6OS/c1-13-6-3-4-9-17(13)20-23-25-26(24-20)11-19(27)22-16-8-5-7-15(10-16)18-12-28-14(2)21-18/h3-10,12H,11H2,1-2H3,(H,22,27). The molecule has 0 aliphatic carbocycles. The Hall–Kier alpha value is -3.39. The molecule has 0 radical (unpaired) electrons. The quantitative estimate of drug-likeness (QED) is 0.561. The van der Waals surface area contributed by atoms with Gasteiger partial charge in [-0.25, -0.2) is 4.98 Å². The Balaban J connectivity index is 1.45. The number of aromatic nitrogens is 5. The Morgan fingerprint density at radius 1 is 1.14 bits per heavy atom. The van der Waals surface area contributed by atoms with Crippen LogP contribution in [0.5, 0.6) is 0 Å². The van der Waals surface area contributed by atoms with Crippen LogP contribution >= 0.6 is 11.3 Å². The Morgan fingerprint density at radius 2 is 2.00 bits per heavy atom. The molecule has 0 aliphatic rings. The van der Waals surface area contributed by atoms with E-state index in [1.165, 1.54) is 4.80 Å². The largest absolute Gasteiger partial charge is 0.324 e. The topological polar surface area (TPSA) is 85.6 Å². The number of thiazole rings is 1. The Kier molecular flexibility index (Phi) is 4.94. The number of aryl methyl sites for hydroxylation is 2. The lowest BCUT2D eigenvalue weighted by atomic mass is 10.1. The minimum absolute atomic E-state index is 0.0150. The summed E-state index contributed by atoms with van der Waals surface area (Å²) in [6.07, 6.45) is 0. The molecular formula is C20H18N6OS. The van der Waals surface area contributed by atoms with Gasteiger partial charge in [0.25, 0.3) is 0 Å². The molecule has 0 fully saturated rings. The third-order valence-electron chi connectivity index (χ3n) is 4.18. The number of nitrogens with zero attached hydrogens (tertiary/aromatic N) is 5. The van der Waals surface area contributed by atoms with Gasteiger partial charge < -0.3 is 5.32 Å². The van der Waals surface area contributed by atoms with E-state index in [0.717, 1.165) is 27.4 Å². The van der Waals surface area contributed by atoms with Crippen LogP contribution in [-0.2, 0) is 11.3 Å².